The van der Waals surface area contributed by atoms with Crippen molar-refractivity contribution in [3.8, 4) is 11.3 Å². The molecule has 0 radical (unpaired) electrons. The average Bonchev–Trinajstić information content (AvgIpc) is 2.48. The van der Waals surface area contributed by atoms with E-state index in [2.05, 4.69) is 14.7 Å². The van der Waals surface area contributed by atoms with Crippen LogP contribution in [0.25, 0.3) is 11.3 Å². The minimum atomic E-state index is -0.346. The van der Waals surface area contributed by atoms with Crippen molar-refractivity contribution in [2.45, 2.75) is 0 Å². The summed E-state index contributed by atoms with van der Waals surface area (Å²) >= 11 is 0. The summed E-state index contributed by atoms with van der Waals surface area (Å²) in [7, 11) is 1.35. The third-order valence-electron chi connectivity index (χ3n) is 2.56. The molecule has 0 bridgehead atoms. The molecule has 19 heavy (non-hydrogen) atoms. The van der Waals surface area contributed by atoms with Crippen molar-refractivity contribution in [1.82, 2.24) is 4.98 Å². The third-order valence-corrected chi connectivity index (χ3v) is 2.56. The Bertz CT molecular complexity index is 562. The van der Waals surface area contributed by atoms with Crippen LogP contribution in [-0.4, -0.2) is 30.8 Å². The minimum absolute atomic E-state index is 0.0402. The smallest absolute Gasteiger partial charge is 0.327 e. The molecule has 0 fully saturated rings. The van der Waals surface area contributed by atoms with Crippen LogP contribution in [0.4, 0.5) is 0 Å². The molecule has 0 atom stereocenters. The monoisotopic (exact) mass is 254 g/mol. The number of methoxy groups -OCH3 is 1. The number of benzene rings is 1. The Hall–Kier alpha value is -2.49. The summed E-state index contributed by atoms with van der Waals surface area (Å²) in [4.78, 5) is 19.2. The molecule has 0 aliphatic heterocycles. The highest BCUT2D eigenvalue weighted by Gasteiger charge is 1.98. The summed E-state index contributed by atoms with van der Waals surface area (Å²) in [5, 5.41) is 0. The quantitative estimate of drug-likeness (QED) is 0.621. The first-order valence-corrected chi connectivity index (χ1v) is 5.87. The average molecular weight is 254 g/mol. The van der Waals surface area contributed by atoms with Crippen molar-refractivity contribution >= 4 is 12.2 Å². The van der Waals surface area contributed by atoms with Crippen LogP contribution in [0.5, 0.6) is 0 Å². The number of hydrogen-bond donors (Lipinski definition) is 0. The molecule has 96 valence electrons. The van der Waals surface area contributed by atoms with E-state index in [0.29, 0.717) is 0 Å². The lowest BCUT2D eigenvalue weighted by atomic mass is 10.1. The van der Waals surface area contributed by atoms with Gasteiger partial charge in [0.1, 0.15) is 6.54 Å². The number of aromatic nitrogens is 1. The van der Waals surface area contributed by atoms with E-state index in [1.54, 1.807) is 12.4 Å². The highest BCUT2D eigenvalue weighted by molar-refractivity contribution is 5.83. The van der Waals surface area contributed by atoms with Gasteiger partial charge < -0.3 is 4.74 Å². The molecule has 0 saturated carbocycles. The van der Waals surface area contributed by atoms with Crippen molar-refractivity contribution in [2.75, 3.05) is 13.7 Å². The maximum Gasteiger partial charge on any atom is 0.327 e. The first kappa shape index (κ1) is 13.0. The molecule has 0 N–H and O–H groups in total. The number of carbonyl (C=O) groups is 1. The van der Waals surface area contributed by atoms with Crippen LogP contribution in [0.2, 0.25) is 0 Å². The third kappa shape index (κ3) is 3.74. The van der Waals surface area contributed by atoms with Gasteiger partial charge in [-0.1, -0.05) is 30.3 Å². The van der Waals surface area contributed by atoms with Gasteiger partial charge in [-0.15, -0.1) is 0 Å². The number of nitrogens with zero attached hydrogens (tertiary/aromatic N) is 2. The molecule has 0 aliphatic rings. The largest absolute Gasteiger partial charge is 0.468 e. The van der Waals surface area contributed by atoms with Crippen LogP contribution in [-0.2, 0) is 9.53 Å². The summed E-state index contributed by atoms with van der Waals surface area (Å²) < 4.78 is 4.50. The maximum absolute atomic E-state index is 10.9. The Kier molecular flexibility index (Phi) is 4.39. The lowest BCUT2D eigenvalue weighted by Gasteiger charge is -2.00. The van der Waals surface area contributed by atoms with Gasteiger partial charge in [0.05, 0.1) is 12.8 Å². The van der Waals surface area contributed by atoms with E-state index in [-0.39, 0.29) is 12.5 Å². The van der Waals surface area contributed by atoms with Gasteiger partial charge in [-0.05, 0) is 17.7 Å². The summed E-state index contributed by atoms with van der Waals surface area (Å²) in [6.45, 7) is 0.0402. The molecule has 1 aromatic carbocycles. The van der Waals surface area contributed by atoms with E-state index >= 15 is 0 Å². The van der Waals surface area contributed by atoms with E-state index in [1.807, 2.05) is 42.5 Å². The van der Waals surface area contributed by atoms with Crippen LogP contribution in [0, 0.1) is 0 Å². The molecule has 2 rings (SSSR count). The van der Waals surface area contributed by atoms with E-state index < -0.39 is 0 Å². The highest BCUT2D eigenvalue weighted by atomic mass is 16.5. The molecule has 2 aromatic rings. The van der Waals surface area contributed by atoms with Gasteiger partial charge in [0.15, 0.2) is 0 Å². The number of esters is 1. The van der Waals surface area contributed by atoms with E-state index in [9.17, 15) is 4.79 Å². The van der Waals surface area contributed by atoms with Gasteiger partial charge in [-0.2, -0.15) is 0 Å². The van der Waals surface area contributed by atoms with Crippen molar-refractivity contribution in [2.24, 2.45) is 4.99 Å². The van der Waals surface area contributed by atoms with Gasteiger partial charge in [0, 0.05) is 18.0 Å². The lowest BCUT2D eigenvalue weighted by molar-refractivity contribution is -0.138. The number of pyridine rings is 1. The predicted octanol–water partition coefficient (Wildman–Crippen LogP) is 2.34. The topological polar surface area (TPSA) is 51.5 Å². The van der Waals surface area contributed by atoms with E-state index in [4.69, 9.17) is 0 Å². The second kappa shape index (κ2) is 6.44. The zero-order valence-corrected chi connectivity index (χ0v) is 10.6. The van der Waals surface area contributed by atoms with Crippen LogP contribution in [0.3, 0.4) is 0 Å². The zero-order chi connectivity index (χ0) is 13.5. The highest BCUT2D eigenvalue weighted by Crippen LogP contribution is 2.16. The fourth-order valence-electron chi connectivity index (χ4n) is 1.56. The normalized spacial score (nSPS) is 10.6. The van der Waals surface area contributed by atoms with E-state index in [0.717, 1.165) is 16.8 Å². The van der Waals surface area contributed by atoms with Crippen molar-refractivity contribution in [1.29, 1.82) is 0 Å². The van der Waals surface area contributed by atoms with Crippen LogP contribution >= 0.6 is 0 Å². The maximum atomic E-state index is 10.9. The number of rotatable bonds is 4. The van der Waals surface area contributed by atoms with Crippen LogP contribution in [0.15, 0.2) is 53.7 Å². The SMILES string of the molecule is COC(=O)CN=Cc1ccc(-c2ccccn2)cc1. The molecule has 4 heteroatoms. The number of hydrogen-bond acceptors (Lipinski definition) is 4. The molecular weight excluding hydrogens is 240 g/mol. The molecule has 0 saturated heterocycles. The number of aliphatic imine (C=N–C) groups is 1. The molecular formula is C15H14N2O2. The van der Waals surface area contributed by atoms with Crippen molar-refractivity contribution in [3.05, 3.63) is 54.2 Å². The predicted molar refractivity (Wildman–Crippen MR) is 74.2 cm³/mol. The van der Waals surface area contributed by atoms with Crippen LogP contribution in [0.1, 0.15) is 5.56 Å². The molecule has 0 unspecified atom stereocenters. The second-order valence-electron chi connectivity index (χ2n) is 3.88. The van der Waals surface area contributed by atoms with Gasteiger partial charge in [0.25, 0.3) is 0 Å². The summed E-state index contributed by atoms with van der Waals surface area (Å²) in [6.07, 6.45) is 3.42. The van der Waals surface area contributed by atoms with E-state index in [1.165, 1.54) is 7.11 Å². The van der Waals surface area contributed by atoms with Gasteiger partial charge in [-0.25, -0.2) is 0 Å². The van der Waals surface area contributed by atoms with Gasteiger partial charge >= 0.3 is 5.97 Å². The van der Waals surface area contributed by atoms with Crippen LogP contribution < -0.4 is 0 Å². The van der Waals surface area contributed by atoms with Gasteiger partial charge in [-0.3, -0.25) is 14.8 Å². The number of ether oxygens (including phenoxy) is 1. The zero-order valence-electron chi connectivity index (χ0n) is 10.6. The standard InChI is InChI=1S/C15H14N2O2/c1-19-15(18)11-16-10-12-5-7-13(8-6-12)14-4-2-3-9-17-14/h2-10H,11H2,1H3. The Labute approximate surface area is 111 Å². The number of carbonyl (C=O) groups excluding carboxylic acids is 1. The second-order valence-corrected chi connectivity index (χ2v) is 3.88. The first-order chi connectivity index (χ1) is 9.29. The Morgan fingerprint density at radius 3 is 2.68 bits per heavy atom. The Balaban J connectivity index is 2.05. The molecule has 0 aliphatic carbocycles. The molecule has 1 heterocycles. The summed E-state index contributed by atoms with van der Waals surface area (Å²) in [5.74, 6) is -0.346. The molecule has 0 spiro atoms. The lowest BCUT2D eigenvalue weighted by Crippen LogP contribution is -2.04. The Morgan fingerprint density at radius 1 is 1.26 bits per heavy atom. The molecule has 0 amide bonds. The van der Waals surface area contributed by atoms with Crippen molar-refractivity contribution in [3.63, 3.8) is 0 Å². The van der Waals surface area contributed by atoms with Crippen molar-refractivity contribution < 1.29 is 9.53 Å². The summed E-state index contributed by atoms with van der Waals surface area (Å²) in [5.41, 5.74) is 2.91. The first-order valence-electron chi connectivity index (χ1n) is 5.87. The Morgan fingerprint density at radius 2 is 2.05 bits per heavy atom. The fourth-order valence-corrected chi connectivity index (χ4v) is 1.56. The summed E-state index contributed by atoms with van der Waals surface area (Å²) in [6, 6.07) is 13.6. The fraction of sp³-hybridized carbons (Fsp3) is 0.133. The molecule has 1 aromatic heterocycles. The molecule has 4 nitrogen and oxygen atoms in total. The van der Waals surface area contributed by atoms with Gasteiger partial charge in [0.2, 0.25) is 0 Å². The minimum Gasteiger partial charge on any atom is -0.468 e.